The number of rotatable bonds is 3. The molecule has 96 valence electrons. The summed E-state index contributed by atoms with van der Waals surface area (Å²) >= 11 is 19.0. The number of nitrogens with zero attached hydrogens (tertiary/aromatic N) is 1. The number of carbonyl (C=O) groups excluding carboxylic acids is 1. The molecule has 1 rings (SSSR count). The molecule has 0 spiro atoms. The molecular weight excluding hydrogens is 362 g/mol. The first-order chi connectivity index (χ1) is 7.71. The zero-order valence-electron chi connectivity index (χ0n) is 7.99. The van der Waals surface area contributed by atoms with Gasteiger partial charge < -0.3 is 15.3 Å². The van der Waals surface area contributed by atoms with Crippen molar-refractivity contribution in [1.29, 1.82) is 0 Å². The monoisotopic (exact) mass is 366 g/mol. The molecule has 0 unspecified atom stereocenters. The Morgan fingerprint density at radius 2 is 2.18 bits per heavy atom. The highest BCUT2D eigenvalue weighted by Crippen LogP contribution is 2.27. The standard InChI is InChI=1S/C7H6BrCl3N2O4/c8-3-1-2(17-13-3)4(5(14)15)12-6(16)7(9,10)11/h2,4H,1H2,(H,12,16)(H,14,15)/t2-,4-/m0/s1. The number of carbonyl (C=O) groups is 2. The SMILES string of the molecule is O=C(O)[C@@H](NC(=O)C(Cl)(Cl)Cl)[C@@H]1CC(Br)=NO1. The molecule has 0 aliphatic carbocycles. The summed E-state index contributed by atoms with van der Waals surface area (Å²) in [6.45, 7) is 0. The van der Waals surface area contributed by atoms with Gasteiger partial charge in [-0.1, -0.05) is 40.0 Å². The van der Waals surface area contributed by atoms with Crippen molar-refractivity contribution in [3.8, 4) is 0 Å². The summed E-state index contributed by atoms with van der Waals surface area (Å²) in [4.78, 5) is 27.1. The lowest BCUT2D eigenvalue weighted by atomic mass is 10.1. The van der Waals surface area contributed by atoms with Crippen LogP contribution in [-0.2, 0) is 14.4 Å². The topological polar surface area (TPSA) is 88.0 Å². The van der Waals surface area contributed by atoms with Crippen LogP contribution in [0.2, 0.25) is 0 Å². The summed E-state index contributed by atoms with van der Waals surface area (Å²) < 4.78 is -1.79. The summed E-state index contributed by atoms with van der Waals surface area (Å²) in [6, 6.07) is -1.35. The minimum absolute atomic E-state index is 0.205. The lowest BCUT2D eigenvalue weighted by molar-refractivity contribution is -0.145. The zero-order valence-corrected chi connectivity index (χ0v) is 11.8. The van der Waals surface area contributed by atoms with Crippen LogP contribution >= 0.6 is 50.7 Å². The highest BCUT2D eigenvalue weighted by molar-refractivity contribution is 9.18. The molecule has 2 N–H and O–H groups in total. The van der Waals surface area contributed by atoms with Gasteiger partial charge in [0.1, 0.15) is 4.62 Å². The fraction of sp³-hybridized carbons (Fsp3) is 0.571. The molecule has 0 saturated heterocycles. The number of carboxylic acids is 1. The van der Waals surface area contributed by atoms with Crippen LogP contribution in [0.4, 0.5) is 0 Å². The second-order valence-electron chi connectivity index (χ2n) is 3.10. The molecule has 0 aromatic rings. The molecule has 6 nitrogen and oxygen atoms in total. The summed E-state index contributed by atoms with van der Waals surface area (Å²) in [5, 5.41) is 14.5. The molecule has 2 atom stereocenters. The zero-order chi connectivity index (χ0) is 13.2. The fourth-order valence-electron chi connectivity index (χ4n) is 1.08. The van der Waals surface area contributed by atoms with Crippen LogP contribution in [0.5, 0.6) is 0 Å². The lowest BCUT2D eigenvalue weighted by Crippen LogP contribution is -2.51. The van der Waals surface area contributed by atoms with Gasteiger partial charge in [-0.3, -0.25) is 4.79 Å². The number of nitrogens with one attached hydrogen (secondary N) is 1. The molecule has 0 radical (unpaired) electrons. The van der Waals surface area contributed by atoms with E-state index in [0.29, 0.717) is 4.62 Å². The van der Waals surface area contributed by atoms with Crippen LogP contribution in [0.3, 0.4) is 0 Å². The van der Waals surface area contributed by atoms with E-state index in [1.54, 1.807) is 0 Å². The Morgan fingerprint density at radius 1 is 1.59 bits per heavy atom. The third-order valence-corrected chi connectivity index (χ3v) is 2.82. The Bertz CT molecular complexity index is 371. The van der Waals surface area contributed by atoms with E-state index in [2.05, 4.69) is 26.4 Å². The first-order valence-electron chi connectivity index (χ1n) is 4.20. The third kappa shape index (κ3) is 4.17. The van der Waals surface area contributed by atoms with Crippen molar-refractivity contribution in [2.24, 2.45) is 5.16 Å². The van der Waals surface area contributed by atoms with E-state index in [-0.39, 0.29) is 6.42 Å². The first kappa shape index (κ1) is 14.8. The molecule has 0 saturated carbocycles. The van der Waals surface area contributed by atoms with Crippen LogP contribution < -0.4 is 5.32 Å². The summed E-state index contributed by atoms with van der Waals surface area (Å²) in [7, 11) is 0. The molecule has 17 heavy (non-hydrogen) atoms. The van der Waals surface area contributed by atoms with Gasteiger partial charge in [-0.05, 0) is 15.9 Å². The molecule has 0 aromatic heterocycles. The number of amides is 1. The Kier molecular flexibility index (Phi) is 4.88. The van der Waals surface area contributed by atoms with E-state index in [9.17, 15) is 9.59 Å². The highest BCUT2D eigenvalue weighted by Gasteiger charge is 2.40. The maximum Gasteiger partial charge on any atom is 0.330 e. The van der Waals surface area contributed by atoms with Gasteiger partial charge in [-0.2, -0.15) is 0 Å². The van der Waals surface area contributed by atoms with Gasteiger partial charge in [-0.25, -0.2) is 4.79 Å². The van der Waals surface area contributed by atoms with E-state index >= 15 is 0 Å². The molecular formula is C7H6BrCl3N2O4. The first-order valence-corrected chi connectivity index (χ1v) is 6.13. The van der Waals surface area contributed by atoms with E-state index < -0.39 is 27.8 Å². The number of aliphatic carboxylic acids is 1. The third-order valence-electron chi connectivity index (χ3n) is 1.84. The second kappa shape index (κ2) is 5.60. The molecule has 1 aliphatic rings. The van der Waals surface area contributed by atoms with Gasteiger partial charge in [0.15, 0.2) is 12.1 Å². The van der Waals surface area contributed by atoms with Crippen LogP contribution in [0, 0.1) is 0 Å². The van der Waals surface area contributed by atoms with Crippen molar-refractivity contribution in [3.63, 3.8) is 0 Å². The molecule has 1 aliphatic heterocycles. The largest absolute Gasteiger partial charge is 0.480 e. The van der Waals surface area contributed by atoms with Gasteiger partial charge in [0.05, 0.1) is 0 Å². The molecule has 0 bridgehead atoms. The van der Waals surface area contributed by atoms with Crippen LogP contribution in [-0.4, -0.2) is 37.5 Å². The van der Waals surface area contributed by atoms with Crippen molar-refractivity contribution in [3.05, 3.63) is 0 Å². The number of hydrogen-bond acceptors (Lipinski definition) is 4. The maximum atomic E-state index is 11.3. The predicted octanol–water partition coefficient (Wildman–Crippen LogP) is 1.42. The fourth-order valence-corrected chi connectivity index (χ4v) is 1.65. The van der Waals surface area contributed by atoms with Crippen molar-refractivity contribution >= 4 is 67.2 Å². The smallest absolute Gasteiger partial charge is 0.330 e. The normalized spacial score (nSPS) is 21.4. The van der Waals surface area contributed by atoms with E-state index in [0.717, 1.165) is 0 Å². The predicted molar refractivity (Wildman–Crippen MR) is 65.7 cm³/mol. The minimum Gasteiger partial charge on any atom is -0.480 e. The minimum atomic E-state index is -2.23. The molecule has 1 amide bonds. The molecule has 10 heteroatoms. The highest BCUT2D eigenvalue weighted by atomic mass is 79.9. The van der Waals surface area contributed by atoms with Gasteiger partial charge in [0.25, 0.3) is 9.70 Å². The van der Waals surface area contributed by atoms with Gasteiger partial charge in [0.2, 0.25) is 0 Å². The van der Waals surface area contributed by atoms with E-state index in [4.69, 9.17) is 44.7 Å². The van der Waals surface area contributed by atoms with Crippen molar-refractivity contribution in [2.45, 2.75) is 22.4 Å². The molecule has 0 fully saturated rings. The van der Waals surface area contributed by atoms with Crippen LogP contribution in [0.25, 0.3) is 0 Å². The quantitative estimate of drug-likeness (QED) is 0.738. The van der Waals surface area contributed by atoms with Gasteiger partial charge >= 0.3 is 5.97 Å². The Balaban J connectivity index is 2.69. The maximum absolute atomic E-state index is 11.3. The number of oxime groups is 1. The van der Waals surface area contributed by atoms with Crippen molar-refractivity contribution < 1.29 is 19.5 Å². The van der Waals surface area contributed by atoms with Crippen LogP contribution in [0.15, 0.2) is 5.16 Å². The molecule has 1 heterocycles. The number of halogens is 4. The Hall–Kier alpha value is -0.240. The number of hydrogen-bond donors (Lipinski definition) is 2. The summed E-state index contributed by atoms with van der Waals surface area (Å²) in [5.41, 5.74) is 0. The summed E-state index contributed by atoms with van der Waals surface area (Å²) in [5.74, 6) is -2.35. The van der Waals surface area contributed by atoms with E-state index in [1.165, 1.54) is 0 Å². The van der Waals surface area contributed by atoms with Gasteiger partial charge in [-0.15, -0.1) is 0 Å². The van der Waals surface area contributed by atoms with Crippen molar-refractivity contribution in [2.75, 3.05) is 0 Å². The average molecular weight is 368 g/mol. The van der Waals surface area contributed by atoms with Crippen molar-refractivity contribution in [1.82, 2.24) is 5.32 Å². The van der Waals surface area contributed by atoms with Gasteiger partial charge in [0, 0.05) is 6.42 Å². The number of alkyl halides is 3. The Morgan fingerprint density at radius 3 is 2.53 bits per heavy atom. The molecule has 0 aromatic carbocycles. The Labute approximate surface area is 119 Å². The lowest BCUT2D eigenvalue weighted by Gasteiger charge is -2.21. The van der Waals surface area contributed by atoms with Crippen LogP contribution in [0.1, 0.15) is 6.42 Å². The average Bonchev–Trinajstić information content (AvgIpc) is 2.58. The van der Waals surface area contributed by atoms with E-state index in [1.807, 2.05) is 0 Å². The second-order valence-corrected chi connectivity index (χ2v) is 6.30. The number of carboxylic acid groups (broad SMARTS) is 1. The summed E-state index contributed by atoms with van der Waals surface area (Å²) in [6.07, 6.45) is -0.643.